The number of rotatable bonds is 3. The minimum Gasteiger partial charge on any atom is -0.0985 e. The van der Waals surface area contributed by atoms with Crippen LogP contribution in [-0.4, -0.2) is 0 Å². The second-order valence-electron chi connectivity index (χ2n) is 2.77. The van der Waals surface area contributed by atoms with Gasteiger partial charge < -0.3 is 0 Å². The van der Waals surface area contributed by atoms with Crippen LogP contribution in [0.3, 0.4) is 0 Å². The van der Waals surface area contributed by atoms with Crippen LogP contribution in [0.5, 0.6) is 0 Å². The smallest absolute Gasteiger partial charge is 0.0254 e. The zero-order chi connectivity index (χ0) is 8.97. The number of hydrogen-bond donors (Lipinski definition) is 0. The van der Waals surface area contributed by atoms with E-state index in [1.165, 1.54) is 16.7 Å². The van der Waals surface area contributed by atoms with Crippen LogP contribution >= 0.6 is 0 Å². The molecule has 0 spiro atoms. The van der Waals surface area contributed by atoms with Crippen LogP contribution in [0, 0.1) is 0 Å². The van der Waals surface area contributed by atoms with Crippen LogP contribution in [-0.2, 0) is 6.42 Å². The molecule has 0 amide bonds. The molecule has 1 rings (SSSR count). The van der Waals surface area contributed by atoms with Crippen LogP contribution < -0.4 is 0 Å². The van der Waals surface area contributed by atoms with Gasteiger partial charge in [-0.3, -0.25) is 0 Å². The molecule has 0 N–H and O–H groups in total. The average Bonchev–Trinajstić information content (AvgIpc) is 2.16. The van der Waals surface area contributed by atoms with Crippen molar-refractivity contribution in [2.24, 2.45) is 0 Å². The first-order valence-electron chi connectivity index (χ1n) is 4.19. The summed E-state index contributed by atoms with van der Waals surface area (Å²) in [4.78, 5) is 0. The summed E-state index contributed by atoms with van der Waals surface area (Å²) in [7, 11) is 0. The van der Waals surface area contributed by atoms with E-state index in [0.29, 0.717) is 0 Å². The van der Waals surface area contributed by atoms with Gasteiger partial charge in [0.05, 0.1) is 0 Å². The Labute approximate surface area is 74.2 Å². The number of hydrogen-bond acceptors (Lipinski definition) is 0. The van der Waals surface area contributed by atoms with E-state index < -0.39 is 0 Å². The standard InChI is InChI=1S/C12H14/c1-4-10-7-11(5-2)9-12(6-3)8-10/h4-5,7-9H,1-2,6H2,3H3. The molecule has 0 aliphatic carbocycles. The Kier molecular flexibility index (Phi) is 2.87. The first-order valence-corrected chi connectivity index (χ1v) is 4.19. The molecule has 0 saturated carbocycles. The second kappa shape index (κ2) is 3.91. The Morgan fingerprint density at radius 1 is 1.08 bits per heavy atom. The third kappa shape index (κ3) is 1.85. The Hall–Kier alpha value is -1.30. The fourth-order valence-electron chi connectivity index (χ4n) is 1.19. The molecule has 0 nitrogen and oxygen atoms in total. The second-order valence-corrected chi connectivity index (χ2v) is 2.77. The van der Waals surface area contributed by atoms with Gasteiger partial charge in [0.2, 0.25) is 0 Å². The lowest BCUT2D eigenvalue weighted by Crippen LogP contribution is -1.83. The highest BCUT2D eigenvalue weighted by molar-refractivity contribution is 5.57. The zero-order valence-corrected chi connectivity index (χ0v) is 7.51. The Morgan fingerprint density at radius 3 is 1.92 bits per heavy atom. The van der Waals surface area contributed by atoms with Gasteiger partial charge in [-0.25, -0.2) is 0 Å². The highest BCUT2D eigenvalue weighted by Crippen LogP contribution is 2.12. The van der Waals surface area contributed by atoms with Crippen molar-refractivity contribution in [3.05, 3.63) is 48.0 Å². The summed E-state index contributed by atoms with van der Waals surface area (Å²) in [6.07, 6.45) is 4.79. The lowest BCUT2D eigenvalue weighted by Gasteiger charge is -2.01. The summed E-state index contributed by atoms with van der Waals surface area (Å²) in [5.74, 6) is 0. The summed E-state index contributed by atoms with van der Waals surface area (Å²) in [5.41, 5.74) is 3.68. The molecular formula is C12H14. The fourth-order valence-corrected chi connectivity index (χ4v) is 1.19. The van der Waals surface area contributed by atoms with Crippen molar-refractivity contribution in [3.8, 4) is 0 Å². The third-order valence-corrected chi connectivity index (χ3v) is 1.92. The largest absolute Gasteiger partial charge is 0.0985 e. The molecule has 0 heteroatoms. The first-order chi connectivity index (χ1) is 5.80. The maximum absolute atomic E-state index is 3.75. The maximum Gasteiger partial charge on any atom is -0.0254 e. The van der Waals surface area contributed by atoms with Crippen LogP contribution in [0.1, 0.15) is 23.6 Å². The molecule has 0 aliphatic heterocycles. The molecule has 0 aliphatic rings. The van der Waals surface area contributed by atoms with Gasteiger partial charge in [0.25, 0.3) is 0 Å². The number of benzene rings is 1. The Balaban J connectivity index is 3.18. The van der Waals surface area contributed by atoms with E-state index in [-0.39, 0.29) is 0 Å². The Morgan fingerprint density at radius 2 is 1.58 bits per heavy atom. The Bertz CT molecular complexity index is 269. The summed E-state index contributed by atoms with van der Waals surface area (Å²) >= 11 is 0. The zero-order valence-electron chi connectivity index (χ0n) is 7.51. The third-order valence-electron chi connectivity index (χ3n) is 1.92. The molecule has 1 aromatic rings. The van der Waals surface area contributed by atoms with E-state index in [0.717, 1.165) is 6.42 Å². The van der Waals surface area contributed by atoms with Gasteiger partial charge in [-0.1, -0.05) is 44.4 Å². The van der Waals surface area contributed by atoms with E-state index in [1.807, 2.05) is 12.2 Å². The van der Waals surface area contributed by atoms with Crippen molar-refractivity contribution in [3.63, 3.8) is 0 Å². The van der Waals surface area contributed by atoms with Crippen molar-refractivity contribution < 1.29 is 0 Å². The van der Waals surface area contributed by atoms with Gasteiger partial charge in [0, 0.05) is 0 Å². The predicted octanol–water partition coefficient (Wildman–Crippen LogP) is 3.54. The van der Waals surface area contributed by atoms with Crippen molar-refractivity contribution in [2.75, 3.05) is 0 Å². The summed E-state index contributed by atoms with van der Waals surface area (Å²) in [6.45, 7) is 9.64. The van der Waals surface area contributed by atoms with Gasteiger partial charge >= 0.3 is 0 Å². The van der Waals surface area contributed by atoms with Gasteiger partial charge in [0.15, 0.2) is 0 Å². The van der Waals surface area contributed by atoms with E-state index in [9.17, 15) is 0 Å². The minimum absolute atomic E-state index is 1.06. The van der Waals surface area contributed by atoms with Crippen LogP contribution in [0.15, 0.2) is 31.4 Å². The average molecular weight is 158 g/mol. The normalized spacial score (nSPS) is 9.42. The molecule has 62 valence electrons. The quantitative estimate of drug-likeness (QED) is 0.631. The van der Waals surface area contributed by atoms with Gasteiger partial charge in [-0.15, -0.1) is 0 Å². The van der Waals surface area contributed by atoms with E-state index >= 15 is 0 Å². The molecule has 0 fully saturated rings. The lowest BCUT2D eigenvalue weighted by molar-refractivity contribution is 1.14. The van der Waals surface area contributed by atoms with E-state index in [1.54, 1.807) is 0 Å². The topological polar surface area (TPSA) is 0 Å². The van der Waals surface area contributed by atoms with Gasteiger partial charge in [0.1, 0.15) is 0 Å². The first kappa shape index (κ1) is 8.79. The minimum atomic E-state index is 1.06. The summed E-state index contributed by atoms with van der Waals surface area (Å²) in [6, 6.07) is 6.39. The number of aryl methyl sites for hydroxylation is 1. The van der Waals surface area contributed by atoms with Crippen LogP contribution in [0.25, 0.3) is 12.2 Å². The van der Waals surface area contributed by atoms with Crippen LogP contribution in [0.2, 0.25) is 0 Å². The monoisotopic (exact) mass is 158 g/mol. The van der Waals surface area contributed by atoms with Crippen molar-refractivity contribution in [1.29, 1.82) is 0 Å². The summed E-state index contributed by atoms with van der Waals surface area (Å²) in [5, 5.41) is 0. The highest BCUT2D eigenvalue weighted by Gasteiger charge is 1.94. The van der Waals surface area contributed by atoms with Crippen molar-refractivity contribution in [2.45, 2.75) is 13.3 Å². The van der Waals surface area contributed by atoms with Crippen molar-refractivity contribution >= 4 is 12.2 Å². The van der Waals surface area contributed by atoms with Gasteiger partial charge in [-0.05, 0) is 29.2 Å². The summed E-state index contributed by atoms with van der Waals surface area (Å²) < 4.78 is 0. The molecular weight excluding hydrogens is 144 g/mol. The van der Waals surface area contributed by atoms with Crippen molar-refractivity contribution in [1.82, 2.24) is 0 Å². The van der Waals surface area contributed by atoms with E-state index in [2.05, 4.69) is 38.3 Å². The molecule has 0 bridgehead atoms. The molecule has 0 unspecified atom stereocenters. The fraction of sp³-hybridized carbons (Fsp3) is 0.167. The molecule has 0 radical (unpaired) electrons. The van der Waals surface area contributed by atoms with Gasteiger partial charge in [-0.2, -0.15) is 0 Å². The molecule has 0 aromatic heterocycles. The lowest BCUT2D eigenvalue weighted by atomic mass is 10.0. The van der Waals surface area contributed by atoms with Crippen LogP contribution in [0.4, 0.5) is 0 Å². The molecule has 0 atom stereocenters. The van der Waals surface area contributed by atoms with E-state index in [4.69, 9.17) is 0 Å². The highest BCUT2D eigenvalue weighted by atomic mass is 14.0. The molecule has 12 heavy (non-hydrogen) atoms. The maximum atomic E-state index is 3.75. The molecule has 1 aromatic carbocycles. The molecule has 0 saturated heterocycles. The predicted molar refractivity (Wildman–Crippen MR) is 56.0 cm³/mol. The SMILES string of the molecule is C=Cc1cc(C=C)cc(CC)c1. The molecule has 0 heterocycles.